The maximum atomic E-state index is 5.18. The van der Waals surface area contributed by atoms with Gasteiger partial charge in [-0.15, -0.1) is 0 Å². The second-order valence-electron chi connectivity index (χ2n) is 4.61. The van der Waals surface area contributed by atoms with Gasteiger partial charge in [-0.1, -0.05) is 6.92 Å². The third kappa shape index (κ3) is 4.37. The van der Waals surface area contributed by atoms with Crippen LogP contribution in [0.5, 0.6) is 0 Å². The number of hydrogen-bond donors (Lipinski definition) is 1. The van der Waals surface area contributed by atoms with Crippen molar-refractivity contribution in [1.82, 2.24) is 15.1 Å². The largest absolute Gasteiger partial charge is 0.385 e. The van der Waals surface area contributed by atoms with Crippen molar-refractivity contribution in [2.45, 2.75) is 39.2 Å². The lowest BCUT2D eigenvalue weighted by atomic mass is 10.1. The Labute approximate surface area is 118 Å². The molecule has 5 heteroatoms. The van der Waals surface area contributed by atoms with E-state index in [0.717, 1.165) is 42.6 Å². The standard InChI is InChI=1S/C13H24BrN3O/c1-5-7-15-11(6-8-18-4)9-12-13(14)10(2)16-17(12)3/h11,15H,5-9H2,1-4H3. The fourth-order valence-corrected chi connectivity index (χ4v) is 2.52. The highest BCUT2D eigenvalue weighted by Crippen LogP contribution is 2.22. The predicted octanol–water partition coefficient (Wildman–Crippen LogP) is 2.44. The van der Waals surface area contributed by atoms with E-state index in [-0.39, 0.29) is 0 Å². The van der Waals surface area contributed by atoms with Gasteiger partial charge in [0.05, 0.1) is 15.9 Å². The quantitative estimate of drug-likeness (QED) is 0.800. The average Bonchev–Trinajstić information content (AvgIpc) is 2.58. The van der Waals surface area contributed by atoms with E-state index in [4.69, 9.17) is 4.74 Å². The van der Waals surface area contributed by atoms with Gasteiger partial charge < -0.3 is 10.1 Å². The average molecular weight is 318 g/mol. The number of rotatable bonds is 8. The Hall–Kier alpha value is -0.390. The van der Waals surface area contributed by atoms with E-state index in [2.05, 4.69) is 33.3 Å². The molecule has 0 spiro atoms. The molecule has 0 aliphatic carbocycles. The van der Waals surface area contributed by atoms with E-state index in [1.165, 1.54) is 5.69 Å². The Morgan fingerprint density at radius 1 is 1.50 bits per heavy atom. The minimum absolute atomic E-state index is 0.441. The van der Waals surface area contributed by atoms with Crippen molar-refractivity contribution in [3.8, 4) is 0 Å². The van der Waals surface area contributed by atoms with Crippen molar-refractivity contribution in [2.24, 2.45) is 7.05 Å². The van der Waals surface area contributed by atoms with Crippen molar-refractivity contribution < 1.29 is 4.74 Å². The second kappa shape index (κ2) is 7.92. The monoisotopic (exact) mass is 317 g/mol. The zero-order chi connectivity index (χ0) is 13.5. The maximum absolute atomic E-state index is 5.18. The summed E-state index contributed by atoms with van der Waals surface area (Å²) in [5, 5.41) is 8.01. The van der Waals surface area contributed by atoms with E-state index >= 15 is 0 Å². The molecule has 0 radical (unpaired) electrons. The van der Waals surface area contributed by atoms with Gasteiger partial charge in [0.25, 0.3) is 0 Å². The number of halogens is 1. The van der Waals surface area contributed by atoms with Crippen molar-refractivity contribution in [3.05, 3.63) is 15.9 Å². The summed E-state index contributed by atoms with van der Waals surface area (Å²) in [5.41, 5.74) is 2.30. The molecule has 4 nitrogen and oxygen atoms in total. The fourth-order valence-electron chi connectivity index (χ4n) is 2.02. The zero-order valence-corrected chi connectivity index (χ0v) is 13.4. The molecule has 0 aromatic carbocycles. The first-order valence-electron chi connectivity index (χ1n) is 6.50. The van der Waals surface area contributed by atoms with E-state index in [0.29, 0.717) is 6.04 Å². The molecule has 104 valence electrons. The number of nitrogens with one attached hydrogen (secondary N) is 1. The van der Waals surface area contributed by atoms with E-state index in [1.807, 2.05) is 18.7 Å². The summed E-state index contributed by atoms with van der Waals surface area (Å²) in [6, 6.07) is 0.441. The zero-order valence-electron chi connectivity index (χ0n) is 11.8. The molecule has 0 aliphatic heterocycles. The number of aryl methyl sites for hydroxylation is 2. The Morgan fingerprint density at radius 3 is 2.72 bits per heavy atom. The van der Waals surface area contributed by atoms with Crippen LogP contribution in [0.3, 0.4) is 0 Å². The Morgan fingerprint density at radius 2 is 2.22 bits per heavy atom. The SMILES string of the molecule is CCCNC(CCOC)Cc1c(Br)c(C)nn1C. The van der Waals surface area contributed by atoms with Crippen LogP contribution in [0, 0.1) is 6.92 Å². The summed E-state index contributed by atoms with van der Waals surface area (Å²) in [7, 11) is 3.75. The first-order valence-corrected chi connectivity index (χ1v) is 7.29. The first kappa shape index (κ1) is 15.7. The molecule has 1 heterocycles. The highest BCUT2D eigenvalue weighted by Gasteiger charge is 2.16. The molecular weight excluding hydrogens is 294 g/mol. The highest BCUT2D eigenvalue weighted by molar-refractivity contribution is 9.10. The van der Waals surface area contributed by atoms with Gasteiger partial charge in [0.1, 0.15) is 0 Å². The normalized spacial score (nSPS) is 12.9. The number of ether oxygens (including phenoxy) is 1. The summed E-state index contributed by atoms with van der Waals surface area (Å²) >= 11 is 3.62. The second-order valence-corrected chi connectivity index (χ2v) is 5.40. The summed E-state index contributed by atoms with van der Waals surface area (Å²) in [4.78, 5) is 0. The van der Waals surface area contributed by atoms with Crippen LogP contribution >= 0.6 is 15.9 Å². The van der Waals surface area contributed by atoms with Gasteiger partial charge in [-0.3, -0.25) is 4.68 Å². The number of aromatic nitrogens is 2. The Kier molecular flexibility index (Phi) is 6.89. The molecule has 18 heavy (non-hydrogen) atoms. The van der Waals surface area contributed by atoms with Gasteiger partial charge in [0.15, 0.2) is 0 Å². The van der Waals surface area contributed by atoms with Crippen molar-refractivity contribution in [1.29, 1.82) is 0 Å². The van der Waals surface area contributed by atoms with Gasteiger partial charge in [-0.2, -0.15) is 5.10 Å². The Balaban J connectivity index is 2.68. The van der Waals surface area contributed by atoms with Crippen LogP contribution in [-0.2, 0) is 18.2 Å². The maximum Gasteiger partial charge on any atom is 0.0738 e. The molecule has 0 saturated carbocycles. The van der Waals surface area contributed by atoms with Crippen LogP contribution in [-0.4, -0.2) is 36.1 Å². The van der Waals surface area contributed by atoms with Crippen molar-refractivity contribution >= 4 is 15.9 Å². The van der Waals surface area contributed by atoms with E-state index in [1.54, 1.807) is 7.11 Å². The van der Waals surface area contributed by atoms with Crippen LogP contribution < -0.4 is 5.32 Å². The number of nitrogens with zero attached hydrogens (tertiary/aromatic N) is 2. The lowest BCUT2D eigenvalue weighted by molar-refractivity contribution is 0.182. The molecule has 1 aromatic rings. The molecule has 0 fully saturated rings. The number of hydrogen-bond acceptors (Lipinski definition) is 3. The minimum atomic E-state index is 0.441. The fraction of sp³-hybridized carbons (Fsp3) is 0.769. The van der Waals surface area contributed by atoms with Crippen molar-refractivity contribution in [2.75, 3.05) is 20.3 Å². The topological polar surface area (TPSA) is 39.1 Å². The molecule has 0 aliphatic rings. The summed E-state index contributed by atoms with van der Waals surface area (Å²) < 4.78 is 8.28. The van der Waals surface area contributed by atoms with Gasteiger partial charge in [-0.25, -0.2) is 0 Å². The predicted molar refractivity (Wildman–Crippen MR) is 77.9 cm³/mol. The van der Waals surface area contributed by atoms with Gasteiger partial charge >= 0.3 is 0 Å². The van der Waals surface area contributed by atoms with E-state index in [9.17, 15) is 0 Å². The smallest absolute Gasteiger partial charge is 0.0738 e. The molecule has 1 N–H and O–H groups in total. The summed E-state index contributed by atoms with van der Waals surface area (Å²) in [5.74, 6) is 0. The minimum Gasteiger partial charge on any atom is -0.385 e. The van der Waals surface area contributed by atoms with Crippen LogP contribution in [0.4, 0.5) is 0 Å². The summed E-state index contributed by atoms with van der Waals surface area (Å²) in [6.45, 7) is 6.04. The molecule has 1 atom stereocenters. The van der Waals surface area contributed by atoms with E-state index < -0.39 is 0 Å². The molecule has 1 rings (SSSR count). The summed E-state index contributed by atoms with van der Waals surface area (Å²) in [6.07, 6.45) is 3.14. The first-order chi connectivity index (χ1) is 8.60. The third-order valence-electron chi connectivity index (χ3n) is 3.05. The van der Waals surface area contributed by atoms with Gasteiger partial charge in [-0.05, 0) is 42.2 Å². The molecule has 0 bridgehead atoms. The molecule has 1 unspecified atom stereocenters. The molecular formula is C13H24BrN3O. The number of methoxy groups -OCH3 is 1. The van der Waals surface area contributed by atoms with Gasteiger partial charge in [0.2, 0.25) is 0 Å². The lowest BCUT2D eigenvalue weighted by Gasteiger charge is -2.18. The highest BCUT2D eigenvalue weighted by atomic mass is 79.9. The molecule has 1 aromatic heterocycles. The third-order valence-corrected chi connectivity index (χ3v) is 4.09. The molecule has 0 saturated heterocycles. The van der Waals surface area contributed by atoms with Crippen LogP contribution in [0.1, 0.15) is 31.2 Å². The van der Waals surface area contributed by atoms with Crippen LogP contribution in [0.25, 0.3) is 0 Å². The lowest BCUT2D eigenvalue weighted by Crippen LogP contribution is -2.33. The van der Waals surface area contributed by atoms with Crippen LogP contribution in [0.2, 0.25) is 0 Å². The Bertz CT molecular complexity index is 357. The van der Waals surface area contributed by atoms with Gasteiger partial charge in [0, 0.05) is 33.2 Å². The molecule has 0 amide bonds. The van der Waals surface area contributed by atoms with Crippen molar-refractivity contribution in [3.63, 3.8) is 0 Å². The van der Waals surface area contributed by atoms with Crippen LogP contribution in [0.15, 0.2) is 4.47 Å².